The zero-order valence-electron chi connectivity index (χ0n) is 18.7. The van der Waals surface area contributed by atoms with E-state index in [0.29, 0.717) is 12.5 Å². The van der Waals surface area contributed by atoms with Gasteiger partial charge in [0.05, 0.1) is 6.54 Å². The number of amides is 2. The average molecular weight is 404 g/mol. The average Bonchev–Trinajstić information content (AvgIpc) is 3.14. The Morgan fingerprint density at radius 3 is 2.47 bits per heavy atom. The van der Waals surface area contributed by atoms with Crippen LogP contribution in [0.5, 0.6) is 0 Å². The topological polar surface area (TPSA) is 37.3 Å². The largest absolute Gasteiger partial charge is 0.345 e. The molecule has 2 amide bonds. The first kappa shape index (κ1) is 21.7. The molecule has 3 aromatic rings. The zero-order valence-corrected chi connectivity index (χ0v) is 18.7. The van der Waals surface area contributed by atoms with Crippen LogP contribution in [-0.4, -0.2) is 21.5 Å². The minimum atomic E-state index is -0.0613. The van der Waals surface area contributed by atoms with Crippen molar-refractivity contribution < 1.29 is 4.79 Å². The normalized spacial score (nSPS) is 12.1. The number of nitrogens with one attached hydrogen (secondary N) is 1. The number of para-hydroxylation sites is 1. The predicted molar refractivity (Wildman–Crippen MR) is 125 cm³/mol. The minimum Gasteiger partial charge on any atom is -0.345 e. The highest BCUT2D eigenvalue weighted by atomic mass is 16.2. The van der Waals surface area contributed by atoms with Gasteiger partial charge in [0, 0.05) is 30.2 Å². The van der Waals surface area contributed by atoms with Gasteiger partial charge in [-0.25, -0.2) is 4.79 Å². The van der Waals surface area contributed by atoms with Crippen molar-refractivity contribution in [2.45, 2.75) is 53.8 Å². The highest BCUT2D eigenvalue weighted by Gasteiger charge is 2.24. The van der Waals surface area contributed by atoms with Crippen molar-refractivity contribution in [3.8, 4) is 0 Å². The Balaban J connectivity index is 1.81. The third-order valence-corrected chi connectivity index (χ3v) is 5.80. The van der Waals surface area contributed by atoms with Crippen LogP contribution in [0.3, 0.4) is 0 Å². The molecule has 30 heavy (non-hydrogen) atoms. The van der Waals surface area contributed by atoms with Gasteiger partial charge in [-0.3, -0.25) is 0 Å². The van der Waals surface area contributed by atoms with Crippen molar-refractivity contribution >= 4 is 11.7 Å². The molecule has 1 atom stereocenters. The van der Waals surface area contributed by atoms with Gasteiger partial charge < -0.3 is 14.8 Å². The number of carbonyl (C=O) groups excluding carboxylic acids is 1. The molecular weight excluding hydrogens is 370 g/mol. The third kappa shape index (κ3) is 5.32. The zero-order chi connectivity index (χ0) is 21.7. The highest BCUT2D eigenvalue weighted by molar-refractivity contribution is 5.90. The van der Waals surface area contributed by atoms with Crippen molar-refractivity contribution in [3.63, 3.8) is 0 Å². The van der Waals surface area contributed by atoms with Crippen molar-refractivity contribution in [3.05, 3.63) is 89.2 Å². The summed E-state index contributed by atoms with van der Waals surface area (Å²) in [6.07, 6.45) is 2.09. The molecule has 1 aromatic heterocycles. The van der Waals surface area contributed by atoms with Crippen LogP contribution in [0, 0.1) is 19.8 Å². The van der Waals surface area contributed by atoms with E-state index < -0.39 is 0 Å². The second kappa shape index (κ2) is 9.66. The van der Waals surface area contributed by atoms with Gasteiger partial charge in [-0.1, -0.05) is 61.9 Å². The van der Waals surface area contributed by atoms with Gasteiger partial charge in [0.1, 0.15) is 0 Å². The Hall–Kier alpha value is -3.01. The SMILES string of the molecule is Cc1cccc(Cn2cccc2CN(C(=O)Nc2ccccc2C)C(C)C(C)C)c1. The smallest absolute Gasteiger partial charge is 0.322 e. The maximum atomic E-state index is 13.3. The molecule has 0 fully saturated rings. The summed E-state index contributed by atoms with van der Waals surface area (Å²) in [5, 5.41) is 3.11. The maximum Gasteiger partial charge on any atom is 0.322 e. The summed E-state index contributed by atoms with van der Waals surface area (Å²) in [6.45, 7) is 11.9. The Morgan fingerprint density at radius 1 is 1.00 bits per heavy atom. The fourth-order valence-electron chi connectivity index (χ4n) is 3.59. The number of rotatable bonds is 7. The maximum absolute atomic E-state index is 13.3. The van der Waals surface area contributed by atoms with Crippen molar-refractivity contribution in [2.24, 2.45) is 5.92 Å². The number of carbonyl (C=O) groups is 1. The number of anilines is 1. The van der Waals surface area contributed by atoms with Gasteiger partial charge in [-0.05, 0) is 56.0 Å². The standard InChI is InChI=1S/C26H33N3O/c1-19(2)22(5)29(26(30)27-25-14-7-6-11-21(25)4)18-24-13-9-15-28(24)17-23-12-8-10-20(3)16-23/h6-16,19,22H,17-18H2,1-5H3,(H,27,30). The molecule has 3 rings (SSSR count). The second-order valence-corrected chi connectivity index (χ2v) is 8.47. The summed E-state index contributed by atoms with van der Waals surface area (Å²) in [4.78, 5) is 15.2. The van der Waals surface area contributed by atoms with Crippen LogP contribution >= 0.6 is 0 Å². The molecule has 0 radical (unpaired) electrons. The van der Waals surface area contributed by atoms with E-state index in [0.717, 1.165) is 23.5 Å². The minimum absolute atomic E-state index is 0.0613. The number of hydrogen-bond acceptors (Lipinski definition) is 1. The molecule has 0 aliphatic carbocycles. The van der Waals surface area contributed by atoms with Crippen LogP contribution in [0.15, 0.2) is 66.9 Å². The monoisotopic (exact) mass is 403 g/mol. The van der Waals surface area contributed by atoms with E-state index in [-0.39, 0.29) is 12.1 Å². The summed E-state index contributed by atoms with van der Waals surface area (Å²) in [5.74, 6) is 0.354. The van der Waals surface area contributed by atoms with Crippen LogP contribution in [-0.2, 0) is 13.1 Å². The lowest BCUT2D eigenvalue weighted by Crippen LogP contribution is -2.43. The Morgan fingerprint density at radius 2 is 1.77 bits per heavy atom. The van der Waals surface area contributed by atoms with Crippen LogP contribution in [0.4, 0.5) is 10.5 Å². The van der Waals surface area contributed by atoms with E-state index in [1.165, 1.54) is 11.1 Å². The van der Waals surface area contributed by atoms with Gasteiger partial charge in [0.15, 0.2) is 0 Å². The number of benzene rings is 2. The van der Waals surface area contributed by atoms with Gasteiger partial charge >= 0.3 is 6.03 Å². The van der Waals surface area contributed by atoms with Crippen LogP contribution in [0.2, 0.25) is 0 Å². The Labute approximate surface area is 180 Å². The first-order valence-corrected chi connectivity index (χ1v) is 10.7. The summed E-state index contributed by atoms with van der Waals surface area (Å²) in [6, 6.07) is 20.7. The van der Waals surface area contributed by atoms with Crippen LogP contribution in [0.25, 0.3) is 0 Å². The molecule has 2 aromatic carbocycles. The molecular formula is C26H33N3O. The molecule has 0 bridgehead atoms. The lowest BCUT2D eigenvalue weighted by Gasteiger charge is -2.32. The Kier molecular flexibility index (Phi) is 6.99. The summed E-state index contributed by atoms with van der Waals surface area (Å²) < 4.78 is 2.23. The van der Waals surface area contributed by atoms with Gasteiger partial charge in [0.25, 0.3) is 0 Å². The molecule has 0 aliphatic heterocycles. The molecule has 1 heterocycles. The summed E-state index contributed by atoms with van der Waals surface area (Å²) in [5.41, 5.74) is 5.57. The van der Waals surface area contributed by atoms with Crippen molar-refractivity contribution in [1.29, 1.82) is 0 Å². The molecule has 1 N–H and O–H groups in total. The molecule has 0 saturated heterocycles. The number of aryl methyl sites for hydroxylation is 2. The molecule has 0 spiro atoms. The van der Waals surface area contributed by atoms with Crippen LogP contribution in [0.1, 0.15) is 43.2 Å². The number of hydrogen-bond donors (Lipinski definition) is 1. The van der Waals surface area contributed by atoms with Crippen molar-refractivity contribution in [1.82, 2.24) is 9.47 Å². The molecule has 1 unspecified atom stereocenters. The molecule has 4 heteroatoms. The lowest BCUT2D eigenvalue weighted by molar-refractivity contribution is 0.168. The summed E-state index contributed by atoms with van der Waals surface area (Å²) >= 11 is 0. The first-order valence-electron chi connectivity index (χ1n) is 10.7. The van der Waals surface area contributed by atoms with E-state index in [1.54, 1.807) is 0 Å². The van der Waals surface area contributed by atoms with Gasteiger partial charge in [-0.15, -0.1) is 0 Å². The van der Waals surface area contributed by atoms with Crippen molar-refractivity contribution in [2.75, 3.05) is 5.32 Å². The fourth-order valence-corrected chi connectivity index (χ4v) is 3.59. The lowest BCUT2D eigenvalue weighted by atomic mass is 10.0. The van der Waals surface area contributed by atoms with E-state index in [2.05, 4.69) is 80.2 Å². The molecule has 158 valence electrons. The second-order valence-electron chi connectivity index (χ2n) is 8.47. The van der Waals surface area contributed by atoms with Gasteiger partial charge in [-0.2, -0.15) is 0 Å². The number of aromatic nitrogens is 1. The fraction of sp³-hybridized carbons (Fsp3) is 0.346. The van der Waals surface area contributed by atoms with Gasteiger partial charge in [0.2, 0.25) is 0 Å². The first-order chi connectivity index (χ1) is 14.3. The molecule has 0 aliphatic rings. The highest BCUT2D eigenvalue weighted by Crippen LogP contribution is 2.20. The molecule has 4 nitrogen and oxygen atoms in total. The quantitative estimate of drug-likeness (QED) is 0.499. The van der Waals surface area contributed by atoms with E-state index >= 15 is 0 Å². The number of urea groups is 1. The van der Waals surface area contributed by atoms with E-state index in [9.17, 15) is 4.79 Å². The third-order valence-electron chi connectivity index (χ3n) is 5.80. The van der Waals surface area contributed by atoms with E-state index in [4.69, 9.17) is 0 Å². The molecule has 0 saturated carbocycles. The number of nitrogens with zero attached hydrogens (tertiary/aromatic N) is 2. The Bertz CT molecular complexity index is 989. The van der Waals surface area contributed by atoms with Crippen LogP contribution < -0.4 is 5.32 Å². The predicted octanol–water partition coefficient (Wildman–Crippen LogP) is 6.23. The van der Waals surface area contributed by atoms with E-state index in [1.807, 2.05) is 36.1 Å². The summed E-state index contributed by atoms with van der Waals surface area (Å²) in [7, 11) is 0.